The Kier molecular flexibility index (Phi) is 28.6. The predicted molar refractivity (Wildman–Crippen MR) is 152 cm³/mol. The van der Waals surface area contributed by atoms with Crippen molar-refractivity contribution in [2.75, 3.05) is 0 Å². The zero-order chi connectivity index (χ0) is 25.7. The smallest absolute Gasteiger partial charge is 0.303 e. The Balaban J connectivity index is 3.13. The largest absolute Gasteiger partial charge is 0.481 e. The molecule has 0 atom stereocenters. The second kappa shape index (κ2) is 29.4. The van der Waals surface area contributed by atoms with Crippen LogP contribution in [0, 0.1) is 0 Å². The highest BCUT2D eigenvalue weighted by Gasteiger charge is 2.02. The van der Waals surface area contributed by atoms with Gasteiger partial charge < -0.3 is 5.11 Å². The molecule has 0 fully saturated rings. The van der Waals surface area contributed by atoms with Gasteiger partial charge in [-0.25, -0.2) is 0 Å². The number of Topliss-reactive ketones (excluding diaryl/α,β-unsaturated/α-hetero) is 1. The third-order valence-corrected chi connectivity index (χ3v) is 7.41. The minimum absolute atomic E-state index is 0.290. The third-order valence-electron chi connectivity index (χ3n) is 7.41. The van der Waals surface area contributed by atoms with E-state index in [2.05, 4.69) is 6.92 Å². The summed E-state index contributed by atoms with van der Waals surface area (Å²) >= 11 is 0. The first-order valence-electron chi connectivity index (χ1n) is 15.9. The molecule has 3 heteroatoms. The van der Waals surface area contributed by atoms with Crippen molar-refractivity contribution in [2.24, 2.45) is 0 Å². The monoisotopic (exact) mass is 494 g/mol. The van der Waals surface area contributed by atoms with Crippen LogP contribution in [0.3, 0.4) is 0 Å². The molecule has 0 aromatic heterocycles. The average Bonchev–Trinajstić information content (AvgIpc) is 2.84. The van der Waals surface area contributed by atoms with E-state index in [0.717, 1.165) is 57.8 Å². The molecule has 0 spiro atoms. The minimum Gasteiger partial charge on any atom is -0.481 e. The molecule has 0 amide bonds. The molecule has 0 saturated carbocycles. The van der Waals surface area contributed by atoms with Crippen LogP contribution >= 0.6 is 0 Å². The standard InChI is InChI=1S/C32H62O3/c1-2-3-4-5-6-7-8-9-10-11-12-13-14-15-16-17-18-19-22-25-28-31(33)29-26-23-20-21-24-27-30-32(34)35/h2-30H2,1H3,(H,34,35). The van der Waals surface area contributed by atoms with Crippen molar-refractivity contribution < 1.29 is 14.7 Å². The van der Waals surface area contributed by atoms with Crippen molar-refractivity contribution in [3.8, 4) is 0 Å². The molecular formula is C32H62O3. The fourth-order valence-electron chi connectivity index (χ4n) is 5.01. The van der Waals surface area contributed by atoms with Gasteiger partial charge in [0, 0.05) is 19.3 Å². The lowest BCUT2D eigenvalue weighted by atomic mass is 10.0. The normalized spacial score (nSPS) is 11.2. The maximum Gasteiger partial charge on any atom is 0.303 e. The highest BCUT2D eigenvalue weighted by molar-refractivity contribution is 5.78. The summed E-state index contributed by atoms with van der Waals surface area (Å²) in [7, 11) is 0. The summed E-state index contributed by atoms with van der Waals surface area (Å²) in [5.74, 6) is -0.251. The van der Waals surface area contributed by atoms with Crippen LogP contribution in [0.4, 0.5) is 0 Å². The van der Waals surface area contributed by atoms with E-state index in [1.807, 2.05) is 0 Å². The Morgan fingerprint density at radius 3 is 0.857 bits per heavy atom. The Hall–Kier alpha value is -0.860. The number of rotatable bonds is 30. The number of ketones is 1. The lowest BCUT2D eigenvalue weighted by molar-refractivity contribution is -0.137. The summed E-state index contributed by atoms with van der Waals surface area (Å²) in [6.45, 7) is 2.29. The van der Waals surface area contributed by atoms with Crippen LogP contribution in [0.5, 0.6) is 0 Å². The van der Waals surface area contributed by atoms with Crippen LogP contribution in [0.15, 0.2) is 0 Å². The molecule has 0 heterocycles. The summed E-state index contributed by atoms with van der Waals surface area (Å²) in [5, 5.41) is 8.61. The van der Waals surface area contributed by atoms with Crippen molar-refractivity contribution in [1.82, 2.24) is 0 Å². The van der Waals surface area contributed by atoms with Gasteiger partial charge in [-0.1, -0.05) is 155 Å². The Bertz CT molecular complexity index is 446. The Morgan fingerprint density at radius 2 is 0.600 bits per heavy atom. The van der Waals surface area contributed by atoms with Gasteiger partial charge in [0.15, 0.2) is 0 Å². The van der Waals surface area contributed by atoms with E-state index in [1.165, 1.54) is 122 Å². The van der Waals surface area contributed by atoms with Gasteiger partial charge in [-0.05, 0) is 19.3 Å². The van der Waals surface area contributed by atoms with Crippen molar-refractivity contribution in [3.05, 3.63) is 0 Å². The molecule has 0 radical (unpaired) electrons. The van der Waals surface area contributed by atoms with Crippen molar-refractivity contribution in [2.45, 2.75) is 193 Å². The lowest BCUT2D eigenvalue weighted by Crippen LogP contribution is -1.97. The minimum atomic E-state index is -0.694. The quantitative estimate of drug-likeness (QED) is 0.101. The van der Waals surface area contributed by atoms with Crippen LogP contribution in [0.1, 0.15) is 193 Å². The van der Waals surface area contributed by atoms with Gasteiger partial charge in [0.05, 0.1) is 0 Å². The van der Waals surface area contributed by atoms with E-state index in [0.29, 0.717) is 5.78 Å². The highest BCUT2D eigenvalue weighted by atomic mass is 16.4. The Labute approximate surface area is 219 Å². The molecule has 0 aromatic rings. The number of carbonyl (C=O) groups is 2. The van der Waals surface area contributed by atoms with Gasteiger partial charge in [0.2, 0.25) is 0 Å². The number of hydrogen-bond donors (Lipinski definition) is 1. The molecule has 0 aliphatic heterocycles. The van der Waals surface area contributed by atoms with Crippen LogP contribution in [0.25, 0.3) is 0 Å². The summed E-state index contributed by atoms with van der Waals surface area (Å²) < 4.78 is 0. The summed E-state index contributed by atoms with van der Waals surface area (Å²) in [6.07, 6.45) is 35.8. The molecule has 0 aromatic carbocycles. The predicted octanol–water partition coefficient (Wildman–Crippen LogP) is 11.0. The first-order chi connectivity index (χ1) is 17.2. The van der Waals surface area contributed by atoms with E-state index in [1.54, 1.807) is 0 Å². The van der Waals surface area contributed by atoms with Crippen molar-refractivity contribution >= 4 is 11.8 Å². The van der Waals surface area contributed by atoms with Gasteiger partial charge in [-0.3, -0.25) is 9.59 Å². The van der Waals surface area contributed by atoms with Gasteiger partial charge in [0.25, 0.3) is 0 Å². The van der Waals surface area contributed by atoms with E-state index in [-0.39, 0.29) is 6.42 Å². The van der Waals surface area contributed by atoms with E-state index < -0.39 is 5.97 Å². The summed E-state index contributed by atoms with van der Waals surface area (Å²) in [4.78, 5) is 22.4. The second-order valence-electron chi connectivity index (χ2n) is 11.0. The first kappa shape index (κ1) is 34.1. The van der Waals surface area contributed by atoms with Gasteiger partial charge in [-0.2, -0.15) is 0 Å². The van der Waals surface area contributed by atoms with Gasteiger partial charge in [-0.15, -0.1) is 0 Å². The molecule has 208 valence electrons. The molecule has 0 aliphatic carbocycles. The zero-order valence-corrected chi connectivity index (χ0v) is 23.8. The van der Waals surface area contributed by atoms with Crippen LogP contribution in [-0.4, -0.2) is 16.9 Å². The summed E-state index contributed by atoms with van der Waals surface area (Å²) in [5.41, 5.74) is 0. The molecule has 0 saturated heterocycles. The molecule has 0 aliphatic rings. The fraction of sp³-hybridized carbons (Fsp3) is 0.938. The molecule has 0 bridgehead atoms. The molecule has 3 nitrogen and oxygen atoms in total. The third kappa shape index (κ3) is 31.1. The van der Waals surface area contributed by atoms with E-state index in [9.17, 15) is 9.59 Å². The van der Waals surface area contributed by atoms with Crippen molar-refractivity contribution in [1.29, 1.82) is 0 Å². The maximum atomic E-state index is 12.0. The lowest BCUT2D eigenvalue weighted by Gasteiger charge is -2.04. The van der Waals surface area contributed by atoms with E-state index in [4.69, 9.17) is 5.11 Å². The fourth-order valence-corrected chi connectivity index (χ4v) is 5.01. The number of hydrogen-bond acceptors (Lipinski definition) is 2. The number of carboxylic acid groups (broad SMARTS) is 1. The topological polar surface area (TPSA) is 54.4 Å². The van der Waals surface area contributed by atoms with Gasteiger partial charge >= 0.3 is 5.97 Å². The maximum absolute atomic E-state index is 12.0. The molecule has 0 rings (SSSR count). The second-order valence-corrected chi connectivity index (χ2v) is 11.0. The highest BCUT2D eigenvalue weighted by Crippen LogP contribution is 2.15. The number of carboxylic acids is 1. The molecule has 35 heavy (non-hydrogen) atoms. The van der Waals surface area contributed by atoms with Gasteiger partial charge in [0.1, 0.15) is 5.78 Å². The van der Waals surface area contributed by atoms with Crippen LogP contribution in [0.2, 0.25) is 0 Å². The van der Waals surface area contributed by atoms with Crippen molar-refractivity contribution in [3.63, 3.8) is 0 Å². The van der Waals surface area contributed by atoms with Crippen LogP contribution < -0.4 is 0 Å². The number of aliphatic carboxylic acids is 1. The summed E-state index contributed by atoms with van der Waals surface area (Å²) in [6, 6.07) is 0. The molecular weight excluding hydrogens is 432 g/mol. The van der Waals surface area contributed by atoms with E-state index >= 15 is 0 Å². The SMILES string of the molecule is CCCCCCCCCCCCCCCCCCCCCCC(=O)CCCCCCCCC(=O)O. The molecule has 0 unspecified atom stereocenters. The van der Waals surface area contributed by atoms with Crippen LogP contribution in [-0.2, 0) is 9.59 Å². The Morgan fingerprint density at radius 1 is 0.371 bits per heavy atom. The molecule has 1 N–H and O–H groups in total. The zero-order valence-electron chi connectivity index (χ0n) is 23.8. The number of unbranched alkanes of at least 4 members (excludes halogenated alkanes) is 24. The average molecular weight is 495 g/mol. The number of carbonyl (C=O) groups excluding carboxylic acids is 1. The first-order valence-corrected chi connectivity index (χ1v) is 15.9.